The number of aromatic nitrogens is 1. The SMILES string of the molecule is Cc1ccc(-c2nc(C)c(C(C)NC(=O)[C@@H](N)C(C)C)s2)cc1. The summed E-state index contributed by atoms with van der Waals surface area (Å²) in [6, 6.07) is 7.74. The Morgan fingerprint density at radius 2 is 1.78 bits per heavy atom. The molecule has 0 radical (unpaired) electrons. The number of carbonyl (C=O) groups is 1. The Kier molecular flexibility index (Phi) is 5.55. The molecule has 4 nitrogen and oxygen atoms in total. The molecule has 0 saturated heterocycles. The highest BCUT2D eigenvalue weighted by molar-refractivity contribution is 7.15. The van der Waals surface area contributed by atoms with Crippen molar-refractivity contribution < 1.29 is 4.79 Å². The summed E-state index contributed by atoms with van der Waals surface area (Å²) in [5, 5.41) is 3.98. The molecule has 0 spiro atoms. The number of amides is 1. The molecule has 0 fully saturated rings. The fourth-order valence-electron chi connectivity index (χ4n) is 2.31. The lowest BCUT2D eigenvalue weighted by Gasteiger charge is -2.19. The monoisotopic (exact) mass is 331 g/mol. The van der Waals surface area contributed by atoms with E-state index in [0.717, 1.165) is 21.1 Å². The number of carbonyl (C=O) groups excluding carboxylic acids is 1. The predicted octanol–water partition coefficient (Wildman–Crippen LogP) is 3.59. The predicted molar refractivity (Wildman–Crippen MR) is 96.4 cm³/mol. The lowest BCUT2D eigenvalue weighted by molar-refractivity contribution is -0.123. The third-order valence-electron chi connectivity index (χ3n) is 3.90. The minimum atomic E-state index is -0.484. The number of thiazole rings is 1. The summed E-state index contributed by atoms with van der Waals surface area (Å²) in [5.41, 5.74) is 9.20. The van der Waals surface area contributed by atoms with Crippen molar-refractivity contribution in [1.29, 1.82) is 0 Å². The van der Waals surface area contributed by atoms with Crippen LogP contribution in [0.2, 0.25) is 0 Å². The third kappa shape index (κ3) is 4.18. The standard InChI is InChI=1S/C18H25N3OS/c1-10(2)15(19)17(22)20-12(4)16-13(5)21-18(23-16)14-8-6-11(3)7-9-14/h6-10,12,15H,19H2,1-5H3,(H,20,22)/t12?,15-/m0/s1. The van der Waals surface area contributed by atoms with Crippen molar-refractivity contribution in [1.82, 2.24) is 10.3 Å². The van der Waals surface area contributed by atoms with E-state index in [9.17, 15) is 4.79 Å². The van der Waals surface area contributed by atoms with Gasteiger partial charge in [0, 0.05) is 5.56 Å². The maximum atomic E-state index is 12.1. The largest absolute Gasteiger partial charge is 0.347 e. The van der Waals surface area contributed by atoms with Crippen LogP contribution >= 0.6 is 11.3 Å². The van der Waals surface area contributed by atoms with Gasteiger partial charge in [-0.3, -0.25) is 4.79 Å². The zero-order chi connectivity index (χ0) is 17.1. The zero-order valence-electron chi connectivity index (χ0n) is 14.4. The second-order valence-corrected chi connectivity index (χ2v) is 7.37. The topological polar surface area (TPSA) is 68.0 Å². The average molecular weight is 331 g/mol. The number of nitrogens with two attached hydrogens (primary N) is 1. The smallest absolute Gasteiger partial charge is 0.237 e. The van der Waals surface area contributed by atoms with E-state index in [1.54, 1.807) is 11.3 Å². The molecule has 0 bridgehead atoms. The fourth-order valence-corrected chi connectivity index (χ4v) is 3.38. The molecule has 1 aromatic carbocycles. The molecule has 2 aromatic rings. The van der Waals surface area contributed by atoms with Crippen LogP contribution in [0.3, 0.4) is 0 Å². The van der Waals surface area contributed by atoms with E-state index in [1.165, 1.54) is 5.56 Å². The van der Waals surface area contributed by atoms with E-state index in [1.807, 2.05) is 27.7 Å². The first kappa shape index (κ1) is 17.6. The number of hydrogen-bond donors (Lipinski definition) is 2. The maximum absolute atomic E-state index is 12.1. The van der Waals surface area contributed by atoms with Gasteiger partial charge in [0.15, 0.2) is 0 Å². The average Bonchev–Trinajstić information content (AvgIpc) is 2.89. The van der Waals surface area contributed by atoms with E-state index < -0.39 is 6.04 Å². The highest BCUT2D eigenvalue weighted by Crippen LogP contribution is 2.31. The zero-order valence-corrected chi connectivity index (χ0v) is 15.2. The molecule has 1 heterocycles. The summed E-state index contributed by atoms with van der Waals surface area (Å²) in [7, 11) is 0. The molecule has 0 aliphatic carbocycles. The Hall–Kier alpha value is -1.72. The number of rotatable bonds is 5. The van der Waals surface area contributed by atoms with Crippen molar-refractivity contribution in [2.24, 2.45) is 11.7 Å². The molecule has 23 heavy (non-hydrogen) atoms. The third-order valence-corrected chi connectivity index (χ3v) is 5.29. The van der Waals surface area contributed by atoms with E-state index in [4.69, 9.17) is 5.73 Å². The van der Waals surface area contributed by atoms with Crippen LogP contribution in [-0.4, -0.2) is 16.9 Å². The Labute approximate surface area is 142 Å². The Morgan fingerprint density at radius 1 is 1.17 bits per heavy atom. The molecule has 2 atom stereocenters. The van der Waals surface area contributed by atoms with Gasteiger partial charge in [0.1, 0.15) is 5.01 Å². The summed E-state index contributed by atoms with van der Waals surface area (Å²) in [6.45, 7) is 9.92. The van der Waals surface area contributed by atoms with Crippen LogP contribution in [0.4, 0.5) is 0 Å². The van der Waals surface area contributed by atoms with Crippen LogP contribution in [0, 0.1) is 19.8 Å². The van der Waals surface area contributed by atoms with Gasteiger partial charge >= 0.3 is 0 Å². The molecule has 5 heteroatoms. The van der Waals surface area contributed by atoms with Crippen molar-refractivity contribution in [2.75, 3.05) is 0 Å². The number of nitrogens with zero attached hydrogens (tertiary/aromatic N) is 1. The summed E-state index contributed by atoms with van der Waals surface area (Å²) in [5.74, 6) is 0.00469. The molecule has 0 aliphatic rings. The summed E-state index contributed by atoms with van der Waals surface area (Å²) in [4.78, 5) is 17.9. The fraction of sp³-hybridized carbons (Fsp3) is 0.444. The van der Waals surface area contributed by atoms with E-state index in [2.05, 4.69) is 41.5 Å². The first-order valence-corrected chi connectivity index (χ1v) is 8.71. The summed E-state index contributed by atoms with van der Waals surface area (Å²) in [6.07, 6.45) is 0. The lowest BCUT2D eigenvalue weighted by atomic mass is 10.0. The van der Waals surface area contributed by atoms with Gasteiger partial charge < -0.3 is 11.1 Å². The molecule has 0 saturated carbocycles. The first-order valence-electron chi connectivity index (χ1n) is 7.90. The van der Waals surface area contributed by atoms with Crippen LogP contribution in [0.15, 0.2) is 24.3 Å². The van der Waals surface area contributed by atoms with E-state index in [0.29, 0.717) is 0 Å². The summed E-state index contributed by atoms with van der Waals surface area (Å²) < 4.78 is 0. The van der Waals surface area contributed by atoms with Gasteiger partial charge in [-0.2, -0.15) is 0 Å². The molecule has 0 aliphatic heterocycles. The number of nitrogens with one attached hydrogen (secondary N) is 1. The normalized spacial score (nSPS) is 13.9. The van der Waals surface area contributed by atoms with Crippen molar-refractivity contribution in [3.63, 3.8) is 0 Å². The Bertz CT molecular complexity index is 676. The van der Waals surface area contributed by atoms with Gasteiger partial charge in [0.05, 0.1) is 22.7 Å². The van der Waals surface area contributed by atoms with Crippen LogP contribution in [-0.2, 0) is 4.79 Å². The van der Waals surface area contributed by atoms with Crippen molar-refractivity contribution in [3.8, 4) is 10.6 Å². The second kappa shape index (κ2) is 7.23. The van der Waals surface area contributed by atoms with Gasteiger partial charge in [-0.05, 0) is 26.7 Å². The van der Waals surface area contributed by atoms with Crippen molar-refractivity contribution in [3.05, 3.63) is 40.4 Å². The molecule has 1 unspecified atom stereocenters. The molecule has 1 amide bonds. The Morgan fingerprint density at radius 3 is 2.35 bits per heavy atom. The van der Waals surface area contributed by atoms with Gasteiger partial charge in [-0.25, -0.2) is 4.98 Å². The van der Waals surface area contributed by atoms with E-state index in [-0.39, 0.29) is 17.9 Å². The molecular weight excluding hydrogens is 306 g/mol. The van der Waals surface area contributed by atoms with Gasteiger partial charge in [-0.1, -0.05) is 43.7 Å². The molecule has 2 rings (SSSR count). The van der Waals surface area contributed by atoms with Gasteiger partial charge in [0.2, 0.25) is 5.91 Å². The minimum Gasteiger partial charge on any atom is -0.347 e. The first-order chi connectivity index (χ1) is 10.8. The second-order valence-electron chi connectivity index (χ2n) is 6.33. The van der Waals surface area contributed by atoms with Gasteiger partial charge in [0.25, 0.3) is 0 Å². The lowest BCUT2D eigenvalue weighted by Crippen LogP contribution is -2.44. The van der Waals surface area contributed by atoms with Crippen LogP contribution < -0.4 is 11.1 Å². The quantitative estimate of drug-likeness (QED) is 0.880. The van der Waals surface area contributed by atoms with Crippen molar-refractivity contribution >= 4 is 17.2 Å². The van der Waals surface area contributed by atoms with Crippen LogP contribution in [0.25, 0.3) is 10.6 Å². The minimum absolute atomic E-state index is 0.0935. The number of aryl methyl sites for hydroxylation is 2. The highest BCUT2D eigenvalue weighted by Gasteiger charge is 2.22. The Balaban J connectivity index is 2.17. The number of benzene rings is 1. The summed E-state index contributed by atoms with van der Waals surface area (Å²) >= 11 is 1.62. The van der Waals surface area contributed by atoms with Crippen molar-refractivity contribution in [2.45, 2.75) is 46.7 Å². The molecule has 124 valence electrons. The number of hydrogen-bond acceptors (Lipinski definition) is 4. The molecule has 1 aromatic heterocycles. The molecule has 3 N–H and O–H groups in total. The van der Waals surface area contributed by atoms with Crippen LogP contribution in [0.5, 0.6) is 0 Å². The highest BCUT2D eigenvalue weighted by atomic mass is 32.1. The maximum Gasteiger partial charge on any atom is 0.237 e. The van der Waals surface area contributed by atoms with Gasteiger partial charge in [-0.15, -0.1) is 11.3 Å². The molecular formula is C18H25N3OS. The van der Waals surface area contributed by atoms with Crippen LogP contribution in [0.1, 0.15) is 42.9 Å². The van der Waals surface area contributed by atoms with E-state index >= 15 is 0 Å².